The molecule has 1 fully saturated rings. The van der Waals surface area contributed by atoms with Gasteiger partial charge in [-0.1, -0.05) is 172 Å². The number of fused-ring (bicyclic) bond motifs is 9. The van der Waals surface area contributed by atoms with E-state index in [9.17, 15) is 0 Å². The van der Waals surface area contributed by atoms with Gasteiger partial charge in [0, 0.05) is 49.9 Å². The van der Waals surface area contributed by atoms with E-state index in [-0.39, 0.29) is 5.41 Å². The molecule has 0 saturated heterocycles. The average molecular weight is 836 g/mol. The lowest BCUT2D eigenvalue weighted by Gasteiger charge is -2.33. The molecule has 0 bridgehead atoms. The molecule has 7 aromatic carbocycles. The minimum absolute atomic E-state index is 0.0991. The Kier molecular flexibility index (Phi) is 8.44. The molecule has 310 valence electrons. The number of hydrogen-bond donors (Lipinski definition) is 0. The normalized spacial score (nSPS) is 18.6. The fraction of sp³-hybridized carbons (Fsp3) is 0.117. The molecule has 3 heterocycles. The SMILES string of the molecule is CC1(C)C2CC=CC(c3nc(-c4ccccc4)nc(-c4ccccc4-n4c5ccccc5c5c(-c6cccc7c6c6ccccc6n7-c6ccccc6)cccc54)n3)=C2C2C=CC=CC21. The number of hydrogen-bond acceptors (Lipinski definition) is 3. The van der Waals surface area contributed by atoms with Crippen LogP contribution in [0.5, 0.6) is 0 Å². The summed E-state index contributed by atoms with van der Waals surface area (Å²) < 4.78 is 4.82. The van der Waals surface area contributed by atoms with Crippen molar-refractivity contribution in [3.63, 3.8) is 0 Å². The highest BCUT2D eigenvalue weighted by molar-refractivity contribution is 6.22. The van der Waals surface area contributed by atoms with Crippen LogP contribution in [0.3, 0.4) is 0 Å². The standard InChI is InChI=1S/C60H45N5/c1-60(2)47-31-13-9-24-42(47)54-46(30-17-32-48(54)60)59-62-57(38-20-5-3-6-21-38)61-58(63-59)45-27-12-16-35-51(45)65-50-34-15-11-26-44(50)56-41(29-19-37-53(56)65)40-28-18-36-52-55(40)43-25-10-14-33-49(43)64(52)39-22-7-4-8-23-39/h3-31,33-37,42,47-48H,32H2,1-2H3. The molecule has 3 aliphatic carbocycles. The van der Waals surface area contributed by atoms with Crippen molar-refractivity contribution in [3.05, 3.63) is 218 Å². The average Bonchev–Trinajstić information content (AvgIpc) is 3.97. The summed E-state index contributed by atoms with van der Waals surface area (Å²) in [5.41, 5.74) is 13.8. The first kappa shape index (κ1) is 37.6. The minimum Gasteiger partial charge on any atom is -0.309 e. The summed E-state index contributed by atoms with van der Waals surface area (Å²) in [6, 6.07) is 60.8. The Bertz CT molecular complexity index is 3670. The van der Waals surface area contributed by atoms with Crippen LogP contribution in [0.2, 0.25) is 0 Å². The number of para-hydroxylation sites is 4. The van der Waals surface area contributed by atoms with Crippen molar-refractivity contribution in [3.8, 4) is 45.3 Å². The molecule has 13 rings (SSSR count). The Balaban J connectivity index is 1.05. The van der Waals surface area contributed by atoms with Crippen LogP contribution in [0.4, 0.5) is 0 Å². The molecule has 0 aliphatic heterocycles. The summed E-state index contributed by atoms with van der Waals surface area (Å²) in [4.78, 5) is 16.2. The van der Waals surface area contributed by atoms with Crippen LogP contribution in [0.25, 0.3) is 94.5 Å². The second-order valence-corrected chi connectivity index (χ2v) is 18.3. The fourth-order valence-electron chi connectivity index (χ4n) is 11.7. The van der Waals surface area contributed by atoms with E-state index >= 15 is 0 Å². The molecule has 3 unspecified atom stereocenters. The highest BCUT2D eigenvalue weighted by atomic mass is 15.1. The number of benzene rings is 7. The van der Waals surface area contributed by atoms with E-state index in [1.54, 1.807) is 0 Å². The predicted octanol–water partition coefficient (Wildman–Crippen LogP) is 14.8. The molecule has 0 radical (unpaired) electrons. The van der Waals surface area contributed by atoms with Crippen LogP contribution in [-0.2, 0) is 0 Å². The first-order valence-electron chi connectivity index (χ1n) is 22.8. The Morgan fingerprint density at radius 1 is 0.492 bits per heavy atom. The molecule has 3 aliphatic rings. The molecule has 10 aromatic rings. The Morgan fingerprint density at radius 2 is 1.05 bits per heavy atom. The quantitative estimate of drug-likeness (QED) is 0.168. The van der Waals surface area contributed by atoms with Gasteiger partial charge < -0.3 is 9.13 Å². The molecule has 0 spiro atoms. The summed E-state index contributed by atoms with van der Waals surface area (Å²) in [6.45, 7) is 4.88. The van der Waals surface area contributed by atoms with Gasteiger partial charge in [0.05, 0.1) is 27.8 Å². The summed E-state index contributed by atoms with van der Waals surface area (Å²) in [5.74, 6) is 3.18. The molecule has 0 N–H and O–H groups in total. The summed E-state index contributed by atoms with van der Waals surface area (Å²) in [5, 5.41) is 4.88. The van der Waals surface area contributed by atoms with Crippen molar-refractivity contribution in [1.29, 1.82) is 0 Å². The molecule has 3 aromatic heterocycles. The zero-order valence-corrected chi connectivity index (χ0v) is 36.3. The topological polar surface area (TPSA) is 48.5 Å². The van der Waals surface area contributed by atoms with Gasteiger partial charge in [-0.25, -0.2) is 15.0 Å². The summed E-state index contributed by atoms with van der Waals surface area (Å²) >= 11 is 0. The van der Waals surface area contributed by atoms with Crippen molar-refractivity contribution in [2.24, 2.45) is 23.2 Å². The van der Waals surface area contributed by atoms with Crippen molar-refractivity contribution < 1.29 is 0 Å². The van der Waals surface area contributed by atoms with Gasteiger partial charge >= 0.3 is 0 Å². The van der Waals surface area contributed by atoms with E-state index < -0.39 is 0 Å². The maximum Gasteiger partial charge on any atom is 0.166 e. The van der Waals surface area contributed by atoms with E-state index in [0.29, 0.717) is 29.4 Å². The van der Waals surface area contributed by atoms with Gasteiger partial charge in [0.2, 0.25) is 0 Å². The Labute approximate surface area is 378 Å². The number of rotatable bonds is 6. The lowest BCUT2D eigenvalue weighted by Crippen LogP contribution is -2.26. The van der Waals surface area contributed by atoms with Crippen LogP contribution < -0.4 is 0 Å². The van der Waals surface area contributed by atoms with Crippen molar-refractivity contribution in [2.75, 3.05) is 0 Å². The van der Waals surface area contributed by atoms with Crippen LogP contribution in [0, 0.1) is 23.2 Å². The predicted molar refractivity (Wildman–Crippen MR) is 268 cm³/mol. The van der Waals surface area contributed by atoms with Gasteiger partial charge in [0.1, 0.15) is 0 Å². The second-order valence-electron chi connectivity index (χ2n) is 18.3. The highest BCUT2D eigenvalue weighted by Gasteiger charge is 2.52. The van der Waals surface area contributed by atoms with Gasteiger partial charge in [0.15, 0.2) is 17.5 Å². The molecule has 5 nitrogen and oxygen atoms in total. The smallest absolute Gasteiger partial charge is 0.166 e. The zero-order chi connectivity index (χ0) is 43.2. The molecular formula is C60H45N5. The molecule has 65 heavy (non-hydrogen) atoms. The summed E-state index contributed by atoms with van der Waals surface area (Å²) in [6.07, 6.45) is 14.9. The first-order valence-corrected chi connectivity index (χ1v) is 22.8. The van der Waals surface area contributed by atoms with E-state index in [1.807, 2.05) is 6.07 Å². The van der Waals surface area contributed by atoms with E-state index in [0.717, 1.165) is 51.4 Å². The molecule has 0 amide bonds. The van der Waals surface area contributed by atoms with E-state index in [1.165, 1.54) is 49.3 Å². The van der Waals surface area contributed by atoms with Gasteiger partial charge in [-0.05, 0) is 88.9 Å². The molecule has 5 heteroatoms. The van der Waals surface area contributed by atoms with Crippen LogP contribution >= 0.6 is 0 Å². The maximum absolute atomic E-state index is 5.50. The monoisotopic (exact) mass is 835 g/mol. The van der Waals surface area contributed by atoms with Crippen LogP contribution in [0.1, 0.15) is 26.1 Å². The minimum atomic E-state index is 0.0991. The summed E-state index contributed by atoms with van der Waals surface area (Å²) in [7, 11) is 0. The number of allylic oxidation sites excluding steroid dienone is 8. The Hall–Kier alpha value is -7.89. The molecule has 1 saturated carbocycles. The second kappa shape index (κ2) is 14.6. The third kappa shape index (κ3) is 5.68. The van der Waals surface area contributed by atoms with Crippen molar-refractivity contribution in [1.82, 2.24) is 24.1 Å². The molecule has 3 atom stereocenters. The van der Waals surface area contributed by atoms with Gasteiger partial charge in [-0.15, -0.1) is 0 Å². The molecular weight excluding hydrogens is 791 g/mol. The van der Waals surface area contributed by atoms with E-state index in [4.69, 9.17) is 15.0 Å². The third-order valence-corrected chi connectivity index (χ3v) is 14.6. The maximum atomic E-state index is 5.50. The van der Waals surface area contributed by atoms with Gasteiger partial charge in [-0.2, -0.15) is 0 Å². The lowest BCUT2D eigenvalue weighted by molar-refractivity contribution is 0.218. The largest absolute Gasteiger partial charge is 0.309 e. The van der Waals surface area contributed by atoms with Crippen molar-refractivity contribution >= 4 is 49.2 Å². The first-order chi connectivity index (χ1) is 32.0. The Morgan fingerprint density at radius 3 is 1.78 bits per heavy atom. The zero-order valence-electron chi connectivity index (χ0n) is 36.3. The van der Waals surface area contributed by atoms with Crippen LogP contribution in [0.15, 0.2) is 212 Å². The van der Waals surface area contributed by atoms with Gasteiger partial charge in [0.25, 0.3) is 0 Å². The van der Waals surface area contributed by atoms with E-state index in [2.05, 4.69) is 223 Å². The number of aromatic nitrogens is 5. The number of nitrogens with zero attached hydrogens (tertiary/aromatic N) is 5. The third-order valence-electron chi connectivity index (χ3n) is 14.6. The van der Waals surface area contributed by atoms with Crippen molar-refractivity contribution in [2.45, 2.75) is 20.3 Å². The highest BCUT2D eigenvalue weighted by Crippen LogP contribution is 2.60. The fourth-order valence-corrected chi connectivity index (χ4v) is 11.7. The lowest BCUT2D eigenvalue weighted by atomic mass is 9.71. The van der Waals surface area contributed by atoms with Gasteiger partial charge in [-0.3, -0.25) is 0 Å². The van der Waals surface area contributed by atoms with Crippen LogP contribution in [-0.4, -0.2) is 24.1 Å².